The first-order valence-electron chi connectivity index (χ1n) is 9.72. The highest BCUT2D eigenvalue weighted by atomic mass is 19.1. The fourth-order valence-corrected chi connectivity index (χ4v) is 3.87. The molecule has 152 valence electrons. The Kier molecular flexibility index (Phi) is 6.01. The Hall–Kier alpha value is -3.15. The number of carboxylic acids is 1. The first-order chi connectivity index (χ1) is 13.8. The van der Waals surface area contributed by atoms with Crippen LogP contribution < -0.4 is 0 Å². The summed E-state index contributed by atoms with van der Waals surface area (Å²) in [6, 6.07) is 9.92. The van der Waals surface area contributed by atoms with Gasteiger partial charge in [-0.2, -0.15) is 0 Å². The third-order valence-electron chi connectivity index (χ3n) is 5.25. The van der Waals surface area contributed by atoms with E-state index in [0.29, 0.717) is 28.6 Å². The Morgan fingerprint density at radius 3 is 2.55 bits per heavy atom. The van der Waals surface area contributed by atoms with E-state index in [1.165, 1.54) is 34.9 Å². The maximum atomic E-state index is 13.7. The highest BCUT2D eigenvalue weighted by Gasteiger charge is 2.29. The number of hydrogen-bond acceptors (Lipinski definition) is 3. The molecule has 0 radical (unpaired) electrons. The average Bonchev–Trinajstić information content (AvgIpc) is 2.95. The molecule has 29 heavy (non-hydrogen) atoms. The van der Waals surface area contributed by atoms with Crippen LogP contribution in [0.1, 0.15) is 60.1 Å². The second kappa shape index (κ2) is 8.47. The molecule has 1 atom stereocenters. The van der Waals surface area contributed by atoms with Gasteiger partial charge in [0.25, 0.3) is 5.91 Å². The SMILES string of the molecule is CCCCC[C@H](C(=O)O)c1c(C)n(C(=O)c2cccc(F)c2)c2ccc(O)cc12. The van der Waals surface area contributed by atoms with Crippen molar-refractivity contribution in [3.8, 4) is 5.75 Å². The van der Waals surface area contributed by atoms with Gasteiger partial charge < -0.3 is 10.2 Å². The lowest BCUT2D eigenvalue weighted by Crippen LogP contribution is -2.16. The average molecular weight is 397 g/mol. The monoisotopic (exact) mass is 397 g/mol. The van der Waals surface area contributed by atoms with E-state index in [9.17, 15) is 24.2 Å². The molecule has 0 unspecified atom stereocenters. The van der Waals surface area contributed by atoms with Crippen molar-refractivity contribution in [2.45, 2.75) is 45.4 Å². The van der Waals surface area contributed by atoms with Crippen molar-refractivity contribution in [1.82, 2.24) is 4.57 Å². The van der Waals surface area contributed by atoms with E-state index in [2.05, 4.69) is 0 Å². The number of fused-ring (bicyclic) bond motifs is 1. The van der Waals surface area contributed by atoms with Crippen LogP contribution in [-0.2, 0) is 4.79 Å². The number of hydrogen-bond donors (Lipinski definition) is 2. The largest absolute Gasteiger partial charge is 0.508 e. The number of rotatable bonds is 7. The number of carboxylic acid groups (broad SMARTS) is 1. The fourth-order valence-electron chi connectivity index (χ4n) is 3.87. The van der Waals surface area contributed by atoms with Crippen LogP contribution in [0.5, 0.6) is 5.75 Å². The minimum absolute atomic E-state index is 0.00759. The van der Waals surface area contributed by atoms with E-state index < -0.39 is 23.6 Å². The number of carbonyl (C=O) groups is 2. The van der Waals surface area contributed by atoms with Crippen molar-refractivity contribution in [2.24, 2.45) is 0 Å². The summed E-state index contributed by atoms with van der Waals surface area (Å²) < 4.78 is 15.1. The Morgan fingerprint density at radius 1 is 1.14 bits per heavy atom. The zero-order valence-corrected chi connectivity index (χ0v) is 16.5. The van der Waals surface area contributed by atoms with Gasteiger partial charge in [0.05, 0.1) is 11.4 Å². The number of aliphatic carboxylic acids is 1. The Morgan fingerprint density at radius 2 is 1.90 bits per heavy atom. The van der Waals surface area contributed by atoms with Crippen LogP contribution >= 0.6 is 0 Å². The lowest BCUT2D eigenvalue weighted by atomic mass is 9.91. The Balaban J connectivity index is 2.21. The fraction of sp³-hybridized carbons (Fsp3) is 0.304. The van der Waals surface area contributed by atoms with E-state index in [1.807, 2.05) is 6.92 Å². The molecule has 3 aromatic rings. The summed E-state index contributed by atoms with van der Waals surface area (Å²) in [7, 11) is 0. The summed E-state index contributed by atoms with van der Waals surface area (Å²) in [5.41, 5.74) is 1.67. The predicted octanol–water partition coefficient (Wildman–Crippen LogP) is 5.23. The molecule has 0 saturated heterocycles. The molecule has 5 nitrogen and oxygen atoms in total. The summed E-state index contributed by atoms with van der Waals surface area (Å²) in [6.45, 7) is 3.74. The molecule has 2 aromatic carbocycles. The normalized spacial score (nSPS) is 12.2. The molecule has 0 spiro atoms. The summed E-state index contributed by atoms with van der Waals surface area (Å²) in [5, 5.41) is 20.4. The minimum atomic E-state index is -0.968. The molecule has 0 aliphatic heterocycles. The van der Waals surface area contributed by atoms with Gasteiger partial charge in [-0.25, -0.2) is 4.39 Å². The second-order valence-electron chi connectivity index (χ2n) is 7.24. The second-order valence-corrected chi connectivity index (χ2v) is 7.24. The number of unbranched alkanes of at least 4 members (excludes halogenated alkanes) is 2. The summed E-state index contributed by atoms with van der Waals surface area (Å²) in [5.74, 6) is -2.74. The van der Waals surface area contributed by atoms with Crippen LogP contribution in [0.25, 0.3) is 10.9 Å². The number of halogens is 1. The molecule has 2 N–H and O–H groups in total. The zero-order valence-electron chi connectivity index (χ0n) is 16.5. The molecule has 0 aliphatic rings. The van der Waals surface area contributed by atoms with E-state index >= 15 is 0 Å². The third kappa shape index (κ3) is 4.01. The number of aromatic nitrogens is 1. The highest BCUT2D eigenvalue weighted by molar-refractivity contribution is 6.05. The van der Waals surface area contributed by atoms with Gasteiger partial charge in [0.15, 0.2) is 0 Å². The van der Waals surface area contributed by atoms with Crippen LogP contribution in [0.15, 0.2) is 42.5 Å². The molecular weight excluding hydrogens is 373 g/mol. The van der Waals surface area contributed by atoms with E-state index in [0.717, 1.165) is 25.3 Å². The van der Waals surface area contributed by atoms with Crippen LogP contribution in [0.4, 0.5) is 4.39 Å². The number of phenolic OH excluding ortho intramolecular Hbond substituents is 1. The van der Waals surface area contributed by atoms with Crippen molar-refractivity contribution < 1.29 is 24.2 Å². The van der Waals surface area contributed by atoms with Crippen molar-refractivity contribution in [2.75, 3.05) is 0 Å². The van der Waals surface area contributed by atoms with Gasteiger partial charge in [-0.15, -0.1) is 0 Å². The minimum Gasteiger partial charge on any atom is -0.508 e. The molecule has 6 heteroatoms. The van der Waals surface area contributed by atoms with Crippen molar-refractivity contribution in [3.63, 3.8) is 0 Å². The standard InChI is InChI=1S/C23H24FNO4/c1-3-4-5-9-18(23(28)29)21-14(2)25(20-11-10-17(26)13-19(20)21)22(27)15-7-6-8-16(24)12-15/h6-8,10-13,18,26H,3-5,9H2,1-2H3,(H,28,29)/t18-/m0/s1. The summed E-state index contributed by atoms with van der Waals surface area (Å²) >= 11 is 0. The lowest BCUT2D eigenvalue weighted by Gasteiger charge is -2.14. The van der Waals surface area contributed by atoms with E-state index in [1.54, 1.807) is 13.0 Å². The quantitative estimate of drug-likeness (QED) is 0.535. The molecular formula is C23H24FNO4. The highest BCUT2D eigenvalue weighted by Crippen LogP contribution is 2.37. The maximum absolute atomic E-state index is 13.7. The molecule has 1 heterocycles. The third-order valence-corrected chi connectivity index (χ3v) is 5.25. The Labute approximate surface area is 168 Å². The van der Waals surface area contributed by atoms with Crippen LogP contribution in [0.3, 0.4) is 0 Å². The van der Waals surface area contributed by atoms with Crippen LogP contribution in [0.2, 0.25) is 0 Å². The topological polar surface area (TPSA) is 79.5 Å². The van der Waals surface area contributed by atoms with Gasteiger partial charge in [0, 0.05) is 16.6 Å². The summed E-state index contributed by atoms with van der Waals surface area (Å²) in [6.07, 6.45) is 3.06. The molecule has 0 aliphatic carbocycles. The van der Waals surface area contributed by atoms with Gasteiger partial charge in [0.2, 0.25) is 0 Å². The number of nitrogens with zero attached hydrogens (tertiary/aromatic N) is 1. The van der Waals surface area contributed by atoms with Gasteiger partial charge in [-0.3, -0.25) is 14.2 Å². The first-order valence-corrected chi connectivity index (χ1v) is 9.72. The van der Waals surface area contributed by atoms with Crippen molar-refractivity contribution >= 4 is 22.8 Å². The smallest absolute Gasteiger partial charge is 0.311 e. The van der Waals surface area contributed by atoms with E-state index in [-0.39, 0.29) is 11.3 Å². The van der Waals surface area contributed by atoms with Crippen LogP contribution in [0, 0.1) is 12.7 Å². The van der Waals surface area contributed by atoms with Crippen molar-refractivity contribution in [3.05, 3.63) is 65.1 Å². The predicted molar refractivity (Wildman–Crippen MR) is 109 cm³/mol. The number of phenols is 1. The number of carbonyl (C=O) groups excluding carboxylic acids is 1. The van der Waals surface area contributed by atoms with Gasteiger partial charge in [-0.1, -0.05) is 32.3 Å². The molecule has 1 aromatic heterocycles. The molecule has 0 fully saturated rings. The lowest BCUT2D eigenvalue weighted by molar-refractivity contribution is -0.139. The van der Waals surface area contributed by atoms with E-state index in [4.69, 9.17) is 0 Å². The molecule has 0 amide bonds. The molecule has 3 rings (SSSR count). The van der Waals surface area contributed by atoms with Gasteiger partial charge in [0.1, 0.15) is 11.6 Å². The first kappa shape index (κ1) is 20.6. The van der Waals surface area contributed by atoms with Gasteiger partial charge in [-0.05, 0) is 55.3 Å². The maximum Gasteiger partial charge on any atom is 0.311 e. The zero-order chi connectivity index (χ0) is 21.1. The summed E-state index contributed by atoms with van der Waals surface area (Å²) in [4.78, 5) is 25.2. The van der Waals surface area contributed by atoms with Gasteiger partial charge >= 0.3 is 5.97 Å². The number of aromatic hydroxyl groups is 1. The number of benzene rings is 2. The molecule has 0 saturated carbocycles. The molecule has 0 bridgehead atoms. The van der Waals surface area contributed by atoms with Crippen LogP contribution in [-0.4, -0.2) is 26.7 Å². The Bertz CT molecular complexity index is 1070. The van der Waals surface area contributed by atoms with Crippen molar-refractivity contribution in [1.29, 1.82) is 0 Å².